The molecule has 2 fully saturated rings. The molecule has 2 aliphatic rings. The van der Waals surface area contributed by atoms with Crippen LogP contribution >= 0.6 is 0 Å². The van der Waals surface area contributed by atoms with E-state index in [4.69, 9.17) is 0 Å². The molecule has 0 aromatic rings. The molecule has 1 N–H and O–H groups in total. The van der Waals surface area contributed by atoms with Crippen LogP contribution in [-0.2, 0) is 0 Å². The monoisotopic (exact) mass is 251 g/mol. The second-order valence-corrected chi connectivity index (χ2v) is 7.33. The van der Waals surface area contributed by atoms with E-state index in [0.29, 0.717) is 0 Å². The lowest BCUT2D eigenvalue weighted by Gasteiger charge is -2.30. The first-order valence-corrected chi connectivity index (χ1v) is 8.41. The van der Waals surface area contributed by atoms with Gasteiger partial charge in [0.05, 0.1) is 0 Å². The molecular weight excluding hydrogens is 218 g/mol. The average molecular weight is 251 g/mol. The maximum absolute atomic E-state index is 3.98. The minimum absolute atomic E-state index is 0.826. The molecule has 2 unspecified atom stereocenters. The summed E-state index contributed by atoms with van der Waals surface area (Å²) in [7, 11) is 0. The number of hydrogen-bond donors (Lipinski definition) is 1. The van der Waals surface area contributed by atoms with Crippen LogP contribution < -0.4 is 5.32 Å². The third-order valence-electron chi connectivity index (χ3n) is 5.44. The predicted octanol–water partition coefficient (Wildman–Crippen LogP) is 4.76. The van der Waals surface area contributed by atoms with E-state index in [2.05, 4.69) is 26.1 Å². The largest absolute Gasteiger partial charge is 0.311 e. The molecule has 0 spiro atoms. The van der Waals surface area contributed by atoms with Crippen molar-refractivity contribution in [2.75, 3.05) is 0 Å². The molecule has 0 aliphatic heterocycles. The molecule has 106 valence electrons. The average Bonchev–Trinajstić information content (AvgIpc) is 2.58. The van der Waals surface area contributed by atoms with Gasteiger partial charge in [-0.1, -0.05) is 33.6 Å². The van der Waals surface area contributed by atoms with Gasteiger partial charge in [0, 0.05) is 12.1 Å². The zero-order chi connectivity index (χ0) is 13.0. The molecule has 1 heteroatoms. The van der Waals surface area contributed by atoms with Crippen molar-refractivity contribution in [2.45, 2.75) is 90.6 Å². The molecule has 2 rings (SSSR count). The fourth-order valence-corrected chi connectivity index (χ4v) is 3.92. The quantitative estimate of drug-likeness (QED) is 0.713. The summed E-state index contributed by atoms with van der Waals surface area (Å²) in [4.78, 5) is 0. The van der Waals surface area contributed by atoms with Crippen LogP contribution in [0.25, 0.3) is 0 Å². The molecule has 2 atom stereocenters. The van der Waals surface area contributed by atoms with Crippen molar-refractivity contribution in [3.63, 3.8) is 0 Å². The van der Waals surface area contributed by atoms with Crippen molar-refractivity contribution in [2.24, 2.45) is 17.8 Å². The summed E-state index contributed by atoms with van der Waals surface area (Å²) in [6.07, 6.45) is 13.0. The van der Waals surface area contributed by atoms with E-state index in [-0.39, 0.29) is 0 Å². The van der Waals surface area contributed by atoms with Gasteiger partial charge < -0.3 is 5.32 Å². The van der Waals surface area contributed by atoms with E-state index in [9.17, 15) is 0 Å². The van der Waals surface area contributed by atoms with E-state index in [1.54, 1.807) is 0 Å². The van der Waals surface area contributed by atoms with Crippen LogP contribution in [0.2, 0.25) is 0 Å². The minimum atomic E-state index is 0.826. The van der Waals surface area contributed by atoms with Gasteiger partial charge in [0.15, 0.2) is 0 Å². The zero-order valence-corrected chi connectivity index (χ0v) is 12.8. The molecule has 2 saturated carbocycles. The number of hydrogen-bond acceptors (Lipinski definition) is 1. The van der Waals surface area contributed by atoms with Crippen molar-refractivity contribution in [1.29, 1.82) is 0 Å². The minimum Gasteiger partial charge on any atom is -0.311 e. The molecular formula is C17H33N. The molecule has 0 amide bonds. The normalized spacial score (nSPS) is 38.7. The third kappa shape index (κ3) is 4.26. The predicted molar refractivity (Wildman–Crippen MR) is 79.8 cm³/mol. The second kappa shape index (κ2) is 6.93. The van der Waals surface area contributed by atoms with Crippen LogP contribution in [0.5, 0.6) is 0 Å². The van der Waals surface area contributed by atoms with Gasteiger partial charge in [-0.15, -0.1) is 0 Å². The van der Waals surface area contributed by atoms with Crippen LogP contribution in [0.15, 0.2) is 0 Å². The molecule has 1 nitrogen and oxygen atoms in total. The SMILES string of the molecule is CC1CCC(NC2CCCC(C(C)C)CC2)CC1. The van der Waals surface area contributed by atoms with Gasteiger partial charge in [-0.05, 0) is 62.7 Å². The van der Waals surface area contributed by atoms with Gasteiger partial charge in [0.2, 0.25) is 0 Å². The van der Waals surface area contributed by atoms with E-state index >= 15 is 0 Å². The van der Waals surface area contributed by atoms with E-state index in [0.717, 1.165) is 29.8 Å². The lowest BCUT2D eigenvalue weighted by Crippen LogP contribution is -2.40. The summed E-state index contributed by atoms with van der Waals surface area (Å²) in [5.41, 5.74) is 0. The Morgan fingerprint density at radius 2 is 1.39 bits per heavy atom. The zero-order valence-electron chi connectivity index (χ0n) is 12.8. The van der Waals surface area contributed by atoms with Crippen LogP contribution in [0.1, 0.15) is 78.6 Å². The fraction of sp³-hybridized carbons (Fsp3) is 1.00. The van der Waals surface area contributed by atoms with Crippen molar-refractivity contribution in [1.82, 2.24) is 5.32 Å². The Hall–Kier alpha value is -0.0400. The standard InChI is InChI=1S/C17H33N/c1-13(2)15-5-4-6-16(12-9-15)18-17-10-7-14(3)8-11-17/h13-18H,4-12H2,1-3H3. The summed E-state index contributed by atoms with van der Waals surface area (Å²) < 4.78 is 0. The van der Waals surface area contributed by atoms with Crippen molar-refractivity contribution >= 4 is 0 Å². The molecule has 18 heavy (non-hydrogen) atoms. The highest BCUT2D eigenvalue weighted by Gasteiger charge is 2.24. The lowest BCUT2D eigenvalue weighted by molar-refractivity contribution is 0.273. The summed E-state index contributed by atoms with van der Waals surface area (Å²) in [5.74, 6) is 2.85. The van der Waals surface area contributed by atoms with Gasteiger partial charge in [0.1, 0.15) is 0 Å². The van der Waals surface area contributed by atoms with Gasteiger partial charge in [0.25, 0.3) is 0 Å². The number of rotatable bonds is 3. The molecule has 0 bridgehead atoms. The maximum Gasteiger partial charge on any atom is 0.00698 e. The summed E-state index contributed by atoms with van der Waals surface area (Å²) in [6.45, 7) is 7.22. The Morgan fingerprint density at radius 1 is 0.778 bits per heavy atom. The topological polar surface area (TPSA) is 12.0 Å². The second-order valence-electron chi connectivity index (χ2n) is 7.33. The van der Waals surface area contributed by atoms with Gasteiger partial charge >= 0.3 is 0 Å². The molecule has 2 aliphatic carbocycles. The first-order chi connectivity index (χ1) is 8.65. The summed E-state index contributed by atoms with van der Waals surface area (Å²) in [6, 6.07) is 1.66. The van der Waals surface area contributed by atoms with Crippen LogP contribution in [0.4, 0.5) is 0 Å². The first kappa shape index (κ1) is 14.4. The molecule has 0 heterocycles. The van der Waals surface area contributed by atoms with Gasteiger partial charge in [-0.3, -0.25) is 0 Å². The Morgan fingerprint density at radius 3 is 2.06 bits per heavy atom. The van der Waals surface area contributed by atoms with Gasteiger partial charge in [-0.25, -0.2) is 0 Å². The van der Waals surface area contributed by atoms with Crippen molar-refractivity contribution in [3.8, 4) is 0 Å². The maximum atomic E-state index is 3.98. The fourth-order valence-electron chi connectivity index (χ4n) is 3.92. The van der Waals surface area contributed by atoms with Crippen molar-refractivity contribution in [3.05, 3.63) is 0 Å². The highest BCUT2D eigenvalue weighted by molar-refractivity contribution is 4.82. The molecule has 0 radical (unpaired) electrons. The summed E-state index contributed by atoms with van der Waals surface area (Å²) in [5, 5.41) is 3.98. The Labute approximate surface area is 114 Å². The lowest BCUT2D eigenvalue weighted by atomic mass is 9.86. The summed E-state index contributed by atoms with van der Waals surface area (Å²) >= 11 is 0. The van der Waals surface area contributed by atoms with Crippen LogP contribution in [0, 0.1) is 17.8 Å². The molecule has 0 aromatic carbocycles. The molecule has 0 saturated heterocycles. The highest BCUT2D eigenvalue weighted by atomic mass is 14.9. The highest BCUT2D eigenvalue weighted by Crippen LogP contribution is 2.30. The Bertz CT molecular complexity index is 228. The van der Waals surface area contributed by atoms with E-state index < -0.39 is 0 Å². The van der Waals surface area contributed by atoms with Crippen molar-refractivity contribution < 1.29 is 0 Å². The van der Waals surface area contributed by atoms with Crippen LogP contribution in [-0.4, -0.2) is 12.1 Å². The third-order valence-corrected chi connectivity index (χ3v) is 5.44. The number of nitrogens with one attached hydrogen (secondary N) is 1. The van der Waals surface area contributed by atoms with Crippen LogP contribution in [0.3, 0.4) is 0 Å². The van der Waals surface area contributed by atoms with Gasteiger partial charge in [-0.2, -0.15) is 0 Å². The first-order valence-electron chi connectivity index (χ1n) is 8.41. The van der Waals surface area contributed by atoms with E-state index in [1.807, 2.05) is 0 Å². The Balaban J connectivity index is 1.73. The Kier molecular flexibility index (Phi) is 5.54. The molecule has 0 aromatic heterocycles. The van der Waals surface area contributed by atoms with E-state index in [1.165, 1.54) is 57.8 Å². The smallest absolute Gasteiger partial charge is 0.00698 e.